The molecule has 5 nitrogen and oxygen atoms in total. The summed E-state index contributed by atoms with van der Waals surface area (Å²) in [5, 5.41) is 4.25. The maximum atomic E-state index is 11.9. The van der Waals surface area contributed by atoms with Gasteiger partial charge in [-0.1, -0.05) is 0 Å². The predicted molar refractivity (Wildman–Crippen MR) is 66.9 cm³/mol. The maximum Gasteiger partial charge on any atom is 0.329 e. The van der Waals surface area contributed by atoms with E-state index in [1.165, 1.54) is 0 Å². The van der Waals surface area contributed by atoms with Gasteiger partial charge in [0.05, 0.1) is 0 Å². The van der Waals surface area contributed by atoms with Crippen LogP contribution in [0.5, 0.6) is 0 Å². The van der Waals surface area contributed by atoms with Crippen molar-refractivity contribution in [3.63, 3.8) is 0 Å². The lowest BCUT2D eigenvalue weighted by Gasteiger charge is -2.27. The van der Waals surface area contributed by atoms with Crippen molar-refractivity contribution in [3.05, 3.63) is 12.3 Å². The standard InChI is InChI=1S/C12H21N3O2/c1-9(11(16)17-12(2,3)4)15(6)10-7-8-14(5)13-10/h7-9H,1-6H3/t9-/m1/s1. The van der Waals surface area contributed by atoms with E-state index in [2.05, 4.69) is 5.10 Å². The molecule has 1 rings (SSSR count). The van der Waals surface area contributed by atoms with E-state index in [1.54, 1.807) is 9.58 Å². The van der Waals surface area contributed by atoms with Crippen molar-refractivity contribution in [1.82, 2.24) is 9.78 Å². The predicted octanol–water partition coefficient (Wildman–Crippen LogP) is 1.59. The monoisotopic (exact) mass is 239 g/mol. The average Bonchev–Trinajstić information content (AvgIpc) is 2.60. The summed E-state index contributed by atoms with van der Waals surface area (Å²) in [5.41, 5.74) is -0.462. The summed E-state index contributed by atoms with van der Waals surface area (Å²) in [6.45, 7) is 7.39. The SMILES string of the molecule is C[C@H](C(=O)OC(C)(C)C)N(C)c1ccn(C)n1. The minimum atomic E-state index is -0.462. The first kappa shape index (κ1) is 13.5. The van der Waals surface area contributed by atoms with Gasteiger partial charge in [-0.15, -0.1) is 0 Å². The van der Waals surface area contributed by atoms with E-state index in [0.29, 0.717) is 0 Å². The van der Waals surface area contributed by atoms with Crippen molar-refractivity contribution in [3.8, 4) is 0 Å². The van der Waals surface area contributed by atoms with Gasteiger partial charge in [-0.2, -0.15) is 5.10 Å². The van der Waals surface area contributed by atoms with Crippen LogP contribution in [-0.2, 0) is 16.6 Å². The second-order valence-corrected chi connectivity index (χ2v) is 5.17. The minimum absolute atomic E-state index is 0.245. The molecule has 0 fully saturated rings. The number of aryl methyl sites for hydroxylation is 1. The van der Waals surface area contributed by atoms with Crippen LogP contribution >= 0.6 is 0 Å². The number of aromatic nitrogens is 2. The zero-order valence-corrected chi connectivity index (χ0v) is 11.4. The smallest absolute Gasteiger partial charge is 0.329 e. The van der Waals surface area contributed by atoms with Gasteiger partial charge >= 0.3 is 5.97 Å². The number of nitrogens with zero attached hydrogens (tertiary/aromatic N) is 3. The molecule has 0 unspecified atom stereocenters. The number of hydrogen-bond donors (Lipinski definition) is 0. The Bertz CT molecular complexity index is 393. The Labute approximate surface area is 102 Å². The fourth-order valence-corrected chi connectivity index (χ4v) is 1.33. The summed E-state index contributed by atoms with van der Waals surface area (Å²) >= 11 is 0. The molecule has 17 heavy (non-hydrogen) atoms. The number of ether oxygens (including phenoxy) is 1. The summed E-state index contributed by atoms with van der Waals surface area (Å²) in [7, 11) is 3.67. The van der Waals surface area contributed by atoms with Crippen molar-refractivity contribution in [2.45, 2.75) is 39.3 Å². The minimum Gasteiger partial charge on any atom is -0.458 e. The van der Waals surface area contributed by atoms with Crippen molar-refractivity contribution < 1.29 is 9.53 Å². The van der Waals surface area contributed by atoms with E-state index in [4.69, 9.17) is 4.74 Å². The van der Waals surface area contributed by atoms with Gasteiger partial charge in [-0.05, 0) is 27.7 Å². The highest BCUT2D eigenvalue weighted by molar-refractivity contribution is 5.79. The third-order valence-corrected chi connectivity index (χ3v) is 2.39. The van der Waals surface area contributed by atoms with Crippen LogP contribution in [-0.4, -0.2) is 34.4 Å². The van der Waals surface area contributed by atoms with E-state index in [1.807, 2.05) is 54.1 Å². The van der Waals surface area contributed by atoms with E-state index >= 15 is 0 Å². The van der Waals surface area contributed by atoms with Crippen LogP contribution in [0.1, 0.15) is 27.7 Å². The van der Waals surface area contributed by atoms with Crippen LogP contribution in [0.25, 0.3) is 0 Å². The zero-order chi connectivity index (χ0) is 13.2. The number of carbonyl (C=O) groups excluding carboxylic acids is 1. The lowest BCUT2D eigenvalue weighted by Crippen LogP contribution is -2.40. The number of hydrogen-bond acceptors (Lipinski definition) is 4. The summed E-state index contributed by atoms with van der Waals surface area (Å²) in [6.07, 6.45) is 1.84. The zero-order valence-electron chi connectivity index (χ0n) is 11.4. The van der Waals surface area contributed by atoms with Gasteiger partial charge in [-0.25, -0.2) is 4.79 Å². The molecule has 1 heterocycles. The number of esters is 1. The normalized spacial score (nSPS) is 13.3. The lowest BCUT2D eigenvalue weighted by atomic mass is 10.2. The molecular formula is C12H21N3O2. The molecule has 0 N–H and O–H groups in total. The Morgan fingerprint density at radius 3 is 2.53 bits per heavy atom. The van der Waals surface area contributed by atoms with Crippen molar-refractivity contribution in [2.24, 2.45) is 7.05 Å². The highest BCUT2D eigenvalue weighted by atomic mass is 16.6. The molecule has 96 valence electrons. The number of carbonyl (C=O) groups is 1. The molecule has 0 radical (unpaired) electrons. The van der Waals surface area contributed by atoms with Gasteiger partial charge in [0.2, 0.25) is 0 Å². The van der Waals surface area contributed by atoms with Gasteiger partial charge in [0, 0.05) is 26.4 Å². The highest BCUT2D eigenvalue weighted by Gasteiger charge is 2.25. The molecule has 5 heteroatoms. The molecule has 0 bridgehead atoms. The molecule has 0 amide bonds. The maximum absolute atomic E-state index is 11.9. The van der Waals surface area contributed by atoms with Gasteiger partial charge in [0.15, 0.2) is 5.82 Å². The second kappa shape index (κ2) is 4.77. The lowest BCUT2D eigenvalue weighted by molar-refractivity contribution is -0.156. The molecule has 0 aromatic carbocycles. The average molecular weight is 239 g/mol. The number of likely N-dealkylation sites (N-methyl/N-ethyl adjacent to an activating group) is 1. The fraction of sp³-hybridized carbons (Fsp3) is 0.667. The molecule has 0 saturated heterocycles. The fourth-order valence-electron chi connectivity index (χ4n) is 1.33. The van der Waals surface area contributed by atoms with Crippen LogP contribution in [0, 0.1) is 0 Å². The van der Waals surface area contributed by atoms with E-state index in [-0.39, 0.29) is 12.0 Å². The largest absolute Gasteiger partial charge is 0.458 e. The Morgan fingerprint density at radius 2 is 2.12 bits per heavy atom. The molecular weight excluding hydrogens is 218 g/mol. The Morgan fingerprint density at radius 1 is 1.53 bits per heavy atom. The van der Waals surface area contributed by atoms with Gasteiger partial charge in [0.1, 0.15) is 11.6 Å². The molecule has 0 aliphatic heterocycles. The molecule has 0 spiro atoms. The third-order valence-electron chi connectivity index (χ3n) is 2.39. The third kappa shape index (κ3) is 3.76. The molecule has 0 saturated carbocycles. The van der Waals surface area contributed by atoms with Crippen molar-refractivity contribution in [2.75, 3.05) is 11.9 Å². The van der Waals surface area contributed by atoms with Crippen LogP contribution in [0.15, 0.2) is 12.3 Å². The number of anilines is 1. The summed E-state index contributed by atoms with van der Waals surface area (Å²) < 4.78 is 7.04. The molecule has 1 aromatic rings. The molecule has 0 aliphatic rings. The van der Waals surface area contributed by atoms with Crippen LogP contribution in [0.2, 0.25) is 0 Å². The van der Waals surface area contributed by atoms with Crippen molar-refractivity contribution in [1.29, 1.82) is 0 Å². The van der Waals surface area contributed by atoms with E-state index in [0.717, 1.165) is 5.82 Å². The summed E-state index contributed by atoms with van der Waals surface area (Å²) in [5.74, 6) is 0.511. The Hall–Kier alpha value is -1.52. The first-order valence-electron chi connectivity index (χ1n) is 5.66. The topological polar surface area (TPSA) is 47.4 Å². The first-order chi connectivity index (χ1) is 7.70. The van der Waals surface area contributed by atoms with Crippen LogP contribution in [0.3, 0.4) is 0 Å². The van der Waals surface area contributed by atoms with Gasteiger partial charge < -0.3 is 9.64 Å². The molecule has 1 aromatic heterocycles. The Kier molecular flexibility index (Phi) is 3.80. The first-order valence-corrected chi connectivity index (χ1v) is 5.66. The van der Waals surface area contributed by atoms with Gasteiger partial charge in [-0.3, -0.25) is 4.68 Å². The van der Waals surface area contributed by atoms with Crippen LogP contribution < -0.4 is 4.90 Å². The highest BCUT2D eigenvalue weighted by Crippen LogP contribution is 2.15. The quantitative estimate of drug-likeness (QED) is 0.751. The summed E-state index contributed by atoms with van der Waals surface area (Å²) in [4.78, 5) is 13.7. The molecule has 0 aliphatic carbocycles. The van der Waals surface area contributed by atoms with E-state index < -0.39 is 5.60 Å². The van der Waals surface area contributed by atoms with E-state index in [9.17, 15) is 4.79 Å². The Balaban J connectivity index is 2.70. The molecule has 1 atom stereocenters. The van der Waals surface area contributed by atoms with Gasteiger partial charge in [0.25, 0.3) is 0 Å². The number of rotatable bonds is 3. The summed E-state index contributed by atoms with van der Waals surface area (Å²) in [6, 6.07) is 1.50. The van der Waals surface area contributed by atoms with Crippen molar-refractivity contribution >= 4 is 11.8 Å². The second-order valence-electron chi connectivity index (χ2n) is 5.17. The van der Waals surface area contributed by atoms with Crippen LogP contribution in [0.4, 0.5) is 5.82 Å².